The van der Waals surface area contributed by atoms with Crippen LogP contribution in [0.25, 0.3) is 0 Å². The van der Waals surface area contributed by atoms with Crippen molar-refractivity contribution in [2.45, 2.75) is 45.2 Å². The van der Waals surface area contributed by atoms with Gasteiger partial charge in [0.2, 0.25) is 5.91 Å². The molecule has 0 radical (unpaired) electrons. The van der Waals surface area contributed by atoms with Gasteiger partial charge >= 0.3 is 10.2 Å². The van der Waals surface area contributed by atoms with Crippen LogP contribution in [0.3, 0.4) is 0 Å². The molecule has 0 saturated carbocycles. The van der Waals surface area contributed by atoms with Crippen LogP contribution in [0.2, 0.25) is 0 Å². The Morgan fingerprint density at radius 2 is 1.74 bits per heavy atom. The molecule has 1 heterocycles. The van der Waals surface area contributed by atoms with Gasteiger partial charge in [0.25, 0.3) is 5.91 Å². The van der Waals surface area contributed by atoms with Gasteiger partial charge in [0, 0.05) is 6.54 Å². The lowest BCUT2D eigenvalue weighted by Gasteiger charge is -2.20. The minimum Gasteiger partial charge on any atom is -0.497 e. The number of amides is 2. The van der Waals surface area contributed by atoms with E-state index >= 15 is 0 Å². The van der Waals surface area contributed by atoms with E-state index in [4.69, 9.17) is 10.5 Å². The maximum Gasteiger partial charge on any atom is 0.329 e. The first-order chi connectivity index (χ1) is 16.3. The zero-order valence-corrected chi connectivity index (χ0v) is 20.4. The standard InChI is InChI=1S/C24H32N4O5S/c1-3-4-5-14-26-24(30)22(25)15-18-6-10-20(11-7-18)27-17-23(29)28(34(27,31)32)16-19-8-12-21(33-2)13-9-19/h6-13,22H,3-5,14-17,25H2,1-2H3,(H,26,30)/t22-/m0/s1. The van der Waals surface area contributed by atoms with E-state index in [9.17, 15) is 18.0 Å². The van der Waals surface area contributed by atoms with E-state index in [-0.39, 0.29) is 19.0 Å². The van der Waals surface area contributed by atoms with Crippen LogP contribution in [-0.4, -0.2) is 50.8 Å². The van der Waals surface area contributed by atoms with Crippen LogP contribution in [-0.2, 0) is 32.8 Å². The second-order valence-corrected chi connectivity index (χ2v) is 10.0. The maximum atomic E-state index is 13.1. The number of anilines is 1. The van der Waals surface area contributed by atoms with Gasteiger partial charge in [-0.25, -0.2) is 8.61 Å². The van der Waals surface area contributed by atoms with Gasteiger partial charge in [-0.05, 0) is 48.2 Å². The average Bonchev–Trinajstić information content (AvgIpc) is 3.06. The Kier molecular flexibility index (Phi) is 8.51. The molecule has 0 unspecified atom stereocenters. The summed E-state index contributed by atoms with van der Waals surface area (Å²) in [4.78, 5) is 24.7. The number of nitrogens with one attached hydrogen (secondary N) is 1. The number of unbranched alkanes of at least 4 members (excludes halogenated alkanes) is 2. The third kappa shape index (κ3) is 6.06. The number of ether oxygens (including phenoxy) is 1. The topological polar surface area (TPSA) is 122 Å². The second kappa shape index (κ2) is 11.3. The predicted molar refractivity (Wildman–Crippen MR) is 130 cm³/mol. The summed E-state index contributed by atoms with van der Waals surface area (Å²) in [5, 5.41) is 2.84. The molecule has 1 fully saturated rings. The molecule has 0 bridgehead atoms. The fourth-order valence-corrected chi connectivity index (χ4v) is 5.21. The summed E-state index contributed by atoms with van der Waals surface area (Å²) in [6.07, 6.45) is 3.37. The van der Waals surface area contributed by atoms with Crippen LogP contribution in [0, 0.1) is 0 Å². The number of carbonyl (C=O) groups is 2. The molecule has 3 rings (SSSR count). The van der Waals surface area contributed by atoms with E-state index < -0.39 is 22.2 Å². The largest absolute Gasteiger partial charge is 0.497 e. The molecular formula is C24H32N4O5S. The van der Waals surface area contributed by atoms with Gasteiger partial charge in [0.1, 0.15) is 12.3 Å². The quantitative estimate of drug-likeness (QED) is 0.466. The van der Waals surface area contributed by atoms with Crippen LogP contribution >= 0.6 is 0 Å². The summed E-state index contributed by atoms with van der Waals surface area (Å²) in [7, 11) is -2.47. The normalized spacial score (nSPS) is 15.9. The summed E-state index contributed by atoms with van der Waals surface area (Å²) in [5.41, 5.74) is 7.88. The van der Waals surface area contributed by atoms with Gasteiger partial charge in [0.15, 0.2) is 0 Å². The third-order valence-corrected chi connectivity index (χ3v) is 7.48. The number of benzene rings is 2. The molecule has 9 nitrogen and oxygen atoms in total. The molecule has 1 aliphatic rings. The molecule has 1 aliphatic heterocycles. The van der Waals surface area contributed by atoms with E-state index in [1.807, 2.05) is 0 Å². The third-order valence-electron chi connectivity index (χ3n) is 5.70. The van der Waals surface area contributed by atoms with Crippen molar-refractivity contribution in [3.05, 3.63) is 59.7 Å². The first-order valence-electron chi connectivity index (χ1n) is 11.3. The zero-order chi connectivity index (χ0) is 24.7. The van der Waals surface area contributed by atoms with Gasteiger partial charge in [-0.15, -0.1) is 0 Å². The molecule has 34 heavy (non-hydrogen) atoms. The van der Waals surface area contributed by atoms with Crippen LogP contribution in [0.4, 0.5) is 5.69 Å². The lowest BCUT2D eigenvalue weighted by molar-refractivity contribution is -0.124. The second-order valence-electron chi connectivity index (χ2n) is 8.24. The van der Waals surface area contributed by atoms with Crippen LogP contribution in [0.1, 0.15) is 37.3 Å². The van der Waals surface area contributed by atoms with Crippen LogP contribution in [0.15, 0.2) is 48.5 Å². The van der Waals surface area contributed by atoms with Gasteiger partial charge in [-0.1, -0.05) is 44.0 Å². The van der Waals surface area contributed by atoms with E-state index in [0.717, 1.165) is 33.4 Å². The number of hydrogen-bond acceptors (Lipinski definition) is 6. The van der Waals surface area contributed by atoms with E-state index in [0.29, 0.717) is 30.0 Å². The van der Waals surface area contributed by atoms with Gasteiger partial charge in [-0.3, -0.25) is 9.59 Å². The molecule has 0 spiro atoms. The van der Waals surface area contributed by atoms with Gasteiger partial charge < -0.3 is 15.8 Å². The number of methoxy groups -OCH3 is 1. The summed E-state index contributed by atoms with van der Waals surface area (Å²) in [6.45, 7) is 2.38. The molecule has 3 N–H and O–H groups in total. The van der Waals surface area contributed by atoms with Gasteiger partial charge in [0.05, 0.1) is 25.4 Å². The van der Waals surface area contributed by atoms with Crippen LogP contribution in [0.5, 0.6) is 5.75 Å². The Morgan fingerprint density at radius 3 is 2.35 bits per heavy atom. The minimum atomic E-state index is -4.01. The molecule has 0 aliphatic carbocycles. The smallest absolute Gasteiger partial charge is 0.329 e. The van der Waals surface area contributed by atoms with Crippen LogP contribution < -0.4 is 20.1 Å². The monoisotopic (exact) mass is 488 g/mol. The van der Waals surface area contributed by atoms with Crippen molar-refractivity contribution >= 4 is 27.7 Å². The highest BCUT2D eigenvalue weighted by molar-refractivity contribution is 7.91. The molecular weight excluding hydrogens is 456 g/mol. The molecule has 10 heteroatoms. The molecule has 0 aromatic heterocycles. The number of carbonyl (C=O) groups excluding carboxylic acids is 2. The number of nitrogens with zero attached hydrogens (tertiary/aromatic N) is 2. The number of rotatable bonds is 11. The number of hydrogen-bond donors (Lipinski definition) is 2. The highest BCUT2D eigenvalue weighted by Gasteiger charge is 2.42. The Labute approximate surface area is 201 Å². The Balaban J connectivity index is 1.63. The average molecular weight is 489 g/mol. The molecule has 2 aromatic rings. The minimum absolute atomic E-state index is 0.0536. The van der Waals surface area contributed by atoms with Crippen molar-refractivity contribution in [2.75, 3.05) is 24.5 Å². The Bertz CT molecular complexity index is 1090. The summed E-state index contributed by atoms with van der Waals surface area (Å²) in [5.74, 6) is -0.0569. The molecule has 2 aromatic carbocycles. The van der Waals surface area contributed by atoms with Crippen molar-refractivity contribution in [1.82, 2.24) is 9.62 Å². The zero-order valence-electron chi connectivity index (χ0n) is 19.6. The van der Waals surface area contributed by atoms with E-state index in [1.165, 1.54) is 0 Å². The Hall–Kier alpha value is -3.11. The molecule has 2 amide bonds. The summed E-state index contributed by atoms with van der Waals surface area (Å²) >= 11 is 0. The van der Waals surface area contributed by atoms with Gasteiger partial charge in [-0.2, -0.15) is 8.42 Å². The first-order valence-corrected chi connectivity index (χ1v) is 12.7. The SMILES string of the molecule is CCCCCNC(=O)[C@@H](N)Cc1ccc(N2CC(=O)N(Cc3ccc(OC)cc3)S2(=O)=O)cc1. The van der Waals surface area contributed by atoms with Crippen molar-refractivity contribution in [1.29, 1.82) is 0 Å². The maximum absolute atomic E-state index is 13.1. The van der Waals surface area contributed by atoms with Crippen molar-refractivity contribution in [2.24, 2.45) is 5.73 Å². The highest BCUT2D eigenvalue weighted by Crippen LogP contribution is 2.28. The van der Waals surface area contributed by atoms with Crippen molar-refractivity contribution in [3.8, 4) is 5.75 Å². The predicted octanol–water partition coefficient (Wildman–Crippen LogP) is 1.97. The summed E-state index contributed by atoms with van der Waals surface area (Å²) < 4.78 is 33.2. The first kappa shape index (κ1) is 25.5. The molecule has 1 saturated heterocycles. The fourth-order valence-electron chi connectivity index (χ4n) is 3.68. The lowest BCUT2D eigenvalue weighted by Crippen LogP contribution is -2.42. The fraction of sp³-hybridized carbons (Fsp3) is 0.417. The van der Waals surface area contributed by atoms with E-state index in [2.05, 4.69) is 12.2 Å². The summed E-state index contributed by atoms with van der Waals surface area (Å²) in [6, 6.07) is 12.9. The van der Waals surface area contributed by atoms with Crippen molar-refractivity contribution < 1.29 is 22.7 Å². The highest BCUT2D eigenvalue weighted by atomic mass is 32.2. The Morgan fingerprint density at radius 1 is 1.09 bits per heavy atom. The number of nitrogens with two attached hydrogens (primary N) is 1. The van der Waals surface area contributed by atoms with E-state index in [1.54, 1.807) is 55.6 Å². The van der Waals surface area contributed by atoms with Crippen molar-refractivity contribution in [3.63, 3.8) is 0 Å². The molecule has 184 valence electrons. The lowest BCUT2D eigenvalue weighted by atomic mass is 10.1. The molecule has 1 atom stereocenters.